The fraction of sp³-hybridized carbons (Fsp3) is 0.273. The van der Waals surface area contributed by atoms with Crippen LogP contribution in [0.4, 0.5) is 10.1 Å². The van der Waals surface area contributed by atoms with Crippen LogP contribution >= 0.6 is 11.6 Å². The number of carbonyl (C=O) groups excluding carboxylic acids is 1. The number of amides is 1. The van der Waals surface area contributed by atoms with Crippen molar-refractivity contribution >= 4 is 29.2 Å². The standard InChI is InChI=1S/C11H11ClFNO3/c1-6-4-7(12)9(5-8(6)13)14-10(15)2-3-11(16)17/h4-5H,2-3H2,1H3,(H,14,15)(H,16,17). The van der Waals surface area contributed by atoms with Crippen LogP contribution in [0.2, 0.25) is 5.02 Å². The van der Waals surface area contributed by atoms with E-state index in [0.29, 0.717) is 5.56 Å². The molecule has 2 N–H and O–H groups in total. The van der Waals surface area contributed by atoms with Gasteiger partial charge in [0.2, 0.25) is 5.91 Å². The van der Waals surface area contributed by atoms with Gasteiger partial charge in [-0.1, -0.05) is 11.6 Å². The molecule has 0 bridgehead atoms. The van der Waals surface area contributed by atoms with E-state index in [4.69, 9.17) is 16.7 Å². The molecule has 0 spiro atoms. The van der Waals surface area contributed by atoms with E-state index in [1.807, 2.05) is 0 Å². The topological polar surface area (TPSA) is 66.4 Å². The molecule has 0 aliphatic rings. The molecule has 0 unspecified atom stereocenters. The predicted molar refractivity (Wildman–Crippen MR) is 61.6 cm³/mol. The number of carbonyl (C=O) groups is 2. The average molecular weight is 260 g/mol. The molecule has 6 heteroatoms. The first-order valence-electron chi connectivity index (χ1n) is 4.87. The van der Waals surface area contributed by atoms with E-state index in [-0.39, 0.29) is 23.6 Å². The molecule has 0 heterocycles. The summed E-state index contributed by atoms with van der Waals surface area (Å²) < 4.78 is 13.2. The van der Waals surface area contributed by atoms with Gasteiger partial charge in [0.05, 0.1) is 17.1 Å². The number of hydrogen-bond acceptors (Lipinski definition) is 2. The van der Waals surface area contributed by atoms with E-state index in [2.05, 4.69) is 5.32 Å². The number of rotatable bonds is 4. The Morgan fingerprint density at radius 3 is 2.65 bits per heavy atom. The van der Waals surface area contributed by atoms with Crippen molar-refractivity contribution in [3.05, 3.63) is 28.5 Å². The second kappa shape index (κ2) is 5.63. The highest BCUT2D eigenvalue weighted by molar-refractivity contribution is 6.33. The summed E-state index contributed by atoms with van der Waals surface area (Å²) in [6.45, 7) is 1.55. The molecule has 1 amide bonds. The average Bonchev–Trinajstić information content (AvgIpc) is 2.23. The van der Waals surface area contributed by atoms with Crippen LogP contribution in [0.15, 0.2) is 12.1 Å². The zero-order valence-corrected chi connectivity index (χ0v) is 9.84. The van der Waals surface area contributed by atoms with Gasteiger partial charge in [0.1, 0.15) is 5.82 Å². The maximum atomic E-state index is 13.2. The van der Waals surface area contributed by atoms with Crippen LogP contribution in [-0.2, 0) is 9.59 Å². The lowest BCUT2D eigenvalue weighted by molar-refractivity contribution is -0.138. The molecule has 1 rings (SSSR count). The Bertz CT molecular complexity index is 462. The first-order chi connectivity index (χ1) is 7.90. The highest BCUT2D eigenvalue weighted by Crippen LogP contribution is 2.25. The van der Waals surface area contributed by atoms with Crippen molar-refractivity contribution in [1.29, 1.82) is 0 Å². The third kappa shape index (κ3) is 4.03. The smallest absolute Gasteiger partial charge is 0.303 e. The van der Waals surface area contributed by atoms with Crippen LogP contribution in [0.1, 0.15) is 18.4 Å². The number of aryl methyl sites for hydroxylation is 1. The molecular weight excluding hydrogens is 249 g/mol. The lowest BCUT2D eigenvalue weighted by Gasteiger charge is -2.08. The van der Waals surface area contributed by atoms with Gasteiger partial charge < -0.3 is 10.4 Å². The molecule has 1 aromatic rings. The van der Waals surface area contributed by atoms with Crippen LogP contribution in [0.5, 0.6) is 0 Å². The van der Waals surface area contributed by atoms with Crippen molar-refractivity contribution in [3.63, 3.8) is 0 Å². The number of anilines is 1. The van der Waals surface area contributed by atoms with Crippen molar-refractivity contribution in [2.75, 3.05) is 5.32 Å². The Morgan fingerprint density at radius 1 is 1.41 bits per heavy atom. The number of halogens is 2. The first-order valence-corrected chi connectivity index (χ1v) is 5.25. The molecular formula is C11H11ClFNO3. The number of nitrogens with one attached hydrogen (secondary N) is 1. The highest BCUT2D eigenvalue weighted by Gasteiger charge is 2.10. The fourth-order valence-electron chi connectivity index (χ4n) is 1.18. The minimum atomic E-state index is -1.07. The van der Waals surface area contributed by atoms with Gasteiger partial charge in [-0.05, 0) is 24.6 Å². The summed E-state index contributed by atoms with van der Waals surface area (Å²) in [4.78, 5) is 21.6. The minimum absolute atomic E-state index is 0.144. The van der Waals surface area contributed by atoms with Crippen LogP contribution in [0.3, 0.4) is 0 Å². The molecule has 0 aliphatic heterocycles. The SMILES string of the molecule is Cc1cc(Cl)c(NC(=O)CCC(=O)O)cc1F. The second-order valence-corrected chi connectivity index (χ2v) is 3.93. The maximum Gasteiger partial charge on any atom is 0.303 e. The molecule has 0 radical (unpaired) electrons. The molecule has 0 saturated heterocycles. The first kappa shape index (κ1) is 13.4. The van der Waals surface area contributed by atoms with Crippen molar-refractivity contribution < 1.29 is 19.1 Å². The van der Waals surface area contributed by atoms with E-state index < -0.39 is 17.7 Å². The fourth-order valence-corrected chi connectivity index (χ4v) is 1.44. The van der Waals surface area contributed by atoms with Gasteiger partial charge in [-0.25, -0.2) is 4.39 Å². The summed E-state index contributed by atoms with van der Waals surface area (Å²) in [5, 5.41) is 11.0. The molecule has 92 valence electrons. The Morgan fingerprint density at radius 2 is 2.06 bits per heavy atom. The van der Waals surface area contributed by atoms with Gasteiger partial charge in [0.25, 0.3) is 0 Å². The molecule has 0 aliphatic carbocycles. The Kier molecular flexibility index (Phi) is 4.45. The molecule has 0 atom stereocenters. The molecule has 0 aromatic heterocycles. The zero-order valence-electron chi connectivity index (χ0n) is 9.09. The van der Waals surface area contributed by atoms with E-state index in [1.165, 1.54) is 6.07 Å². The van der Waals surface area contributed by atoms with Crippen LogP contribution in [-0.4, -0.2) is 17.0 Å². The van der Waals surface area contributed by atoms with Crippen molar-refractivity contribution in [2.45, 2.75) is 19.8 Å². The number of benzene rings is 1. The largest absolute Gasteiger partial charge is 0.481 e. The monoisotopic (exact) mass is 259 g/mol. The van der Waals surface area contributed by atoms with Gasteiger partial charge in [-0.15, -0.1) is 0 Å². The van der Waals surface area contributed by atoms with Crippen LogP contribution < -0.4 is 5.32 Å². The molecule has 4 nitrogen and oxygen atoms in total. The summed E-state index contributed by atoms with van der Waals surface area (Å²) in [6.07, 6.45) is -0.459. The van der Waals surface area contributed by atoms with Gasteiger partial charge in [-0.2, -0.15) is 0 Å². The Balaban J connectivity index is 2.71. The van der Waals surface area contributed by atoms with Crippen molar-refractivity contribution in [1.82, 2.24) is 0 Å². The third-order valence-electron chi connectivity index (χ3n) is 2.09. The second-order valence-electron chi connectivity index (χ2n) is 3.52. The van der Waals surface area contributed by atoms with E-state index in [0.717, 1.165) is 6.07 Å². The number of aliphatic carboxylic acids is 1. The van der Waals surface area contributed by atoms with E-state index >= 15 is 0 Å². The molecule has 0 fully saturated rings. The van der Waals surface area contributed by atoms with Crippen LogP contribution in [0.25, 0.3) is 0 Å². The van der Waals surface area contributed by atoms with Gasteiger partial charge in [0, 0.05) is 6.42 Å². The van der Waals surface area contributed by atoms with E-state index in [1.54, 1.807) is 6.92 Å². The van der Waals surface area contributed by atoms with Crippen molar-refractivity contribution in [3.8, 4) is 0 Å². The molecule has 17 heavy (non-hydrogen) atoms. The lowest BCUT2D eigenvalue weighted by atomic mass is 10.2. The Labute approximate surface area is 102 Å². The zero-order chi connectivity index (χ0) is 13.0. The summed E-state index contributed by atoms with van der Waals surface area (Å²) in [5.74, 6) is -2.07. The molecule has 0 saturated carbocycles. The summed E-state index contributed by atoms with van der Waals surface area (Å²) >= 11 is 5.81. The predicted octanol–water partition coefficient (Wildman–Crippen LogP) is 2.59. The third-order valence-corrected chi connectivity index (χ3v) is 2.40. The normalized spacial score (nSPS) is 10.1. The Hall–Kier alpha value is -1.62. The van der Waals surface area contributed by atoms with Gasteiger partial charge in [0.15, 0.2) is 0 Å². The summed E-state index contributed by atoms with van der Waals surface area (Å²) in [7, 11) is 0. The van der Waals surface area contributed by atoms with Crippen LogP contribution in [0, 0.1) is 12.7 Å². The van der Waals surface area contributed by atoms with E-state index in [9.17, 15) is 14.0 Å². The summed E-state index contributed by atoms with van der Waals surface area (Å²) in [6, 6.07) is 2.50. The quantitative estimate of drug-likeness (QED) is 0.873. The highest BCUT2D eigenvalue weighted by atomic mass is 35.5. The summed E-state index contributed by atoms with van der Waals surface area (Å²) in [5.41, 5.74) is 0.517. The maximum absolute atomic E-state index is 13.2. The number of carboxylic acid groups (broad SMARTS) is 1. The van der Waals surface area contributed by atoms with Gasteiger partial charge in [-0.3, -0.25) is 9.59 Å². The number of carboxylic acids is 1. The van der Waals surface area contributed by atoms with Crippen molar-refractivity contribution in [2.24, 2.45) is 0 Å². The van der Waals surface area contributed by atoms with Gasteiger partial charge >= 0.3 is 5.97 Å². The number of hydrogen-bond donors (Lipinski definition) is 2. The molecule has 1 aromatic carbocycles. The minimum Gasteiger partial charge on any atom is -0.481 e. The lowest BCUT2D eigenvalue weighted by Crippen LogP contribution is -2.13.